The van der Waals surface area contributed by atoms with Crippen molar-refractivity contribution in [2.45, 2.75) is 6.92 Å². The van der Waals surface area contributed by atoms with E-state index in [1.807, 2.05) is 13.0 Å². The highest BCUT2D eigenvalue weighted by Gasteiger charge is 2.16. The highest BCUT2D eigenvalue weighted by molar-refractivity contribution is 7.25. The van der Waals surface area contributed by atoms with Crippen LogP contribution in [0, 0.1) is 5.82 Å². The molecule has 1 aromatic carbocycles. The molecular formula is C17H13FN4OS. The number of benzene rings is 1. The second kappa shape index (κ2) is 5.68. The van der Waals surface area contributed by atoms with E-state index in [0.29, 0.717) is 15.9 Å². The number of anilines is 1. The molecule has 0 aliphatic carbocycles. The normalized spacial score (nSPS) is 11.2. The van der Waals surface area contributed by atoms with Gasteiger partial charge in [-0.15, -0.1) is 11.3 Å². The Bertz CT molecular complexity index is 1120. The number of hydrogen-bond donors (Lipinski definition) is 1. The molecule has 0 saturated carbocycles. The molecule has 0 saturated heterocycles. The van der Waals surface area contributed by atoms with Gasteiger partial charge in [-0.2, -0.15) is 0 Å². The summed E-state index contributed by atoms with van der Waals surface area (Å²) < 4.78 is 15.3. The lowest BCUT2D eigenvalue weighted by atomic mass is 10.2. The zero-order valence-electron chi connectivity index (χ0n) is 12.8. The molecule has 4 rings (SSSR count). The van der Waals surface area contributed by atoms with Gasteiger partial charge in [0, 0.05) is 18.4 Å². The van der Waals surface area contributed by atoms with Crippen LogP contribution < -0.4 is 10.9 Å². The first-order valence-electron chi connectivity index (χ1n) is 7.47. The van der Waals surface area contributed by atoms with Gasteiger partial charge >= 0.3 is 0 Å². The maximum Gasteiger partial charge on any atom is 0.275 e. The molecule has 1 N–H and O–H groups in total. The van der Waals surface area contributed by atoms with Crippen molar-refractivity contribution < 1.29 is 4.39 Å². The Kier molecular flexibility index (Phi) is 3.50. The molecule has 24 heavy (non-hydrogen) atoms. The van der Waals surface area contributed by atoms with Crippen LogP contribution in [0.1, 0.15) is 6.92 Å². The van der Waals surface area contributed by atoms with Gasteiger partial charge in [0.2, 0.25) is 0 Å². The first kappa shape index (κ1) is 14.8. The Morgan fingerprint density at radius 3 is 2.96 bits per heavy atom. The topological polar surface area (TPSA) is 59.8 Å². The number of halogens is 1. The quantitative estimate of drug-likeness (QED) is 0.619. The first-order valence-corrected chi connectivity index (χ1v) is 8.29. The van der Waals surface area contributed by atoms with Crippen LogP contribution in [0.15, 0.2) is 47.7 Å². The number of rotatable bonds is 3. The molecular weight excluding hydrogens is 327 g/mol. The molecule has 3 heterocycles. The molecule has 0 aliphatic rings. The van der Waals surface area contributed by atoms with Gasteiger partial charge in [-0.05, 0) is 31.2 Å². The van der Waals surface area contributed by atoms with Crippen molar-refractivity contribution in [3.8, 4) is 5.69 Å². The van der Waals surface area contributed by atoms with Crippen molar-refractivity contribution in [2.24, 2.45) is 0 Å². The van der Waals surface area contributed by atoms with Crippen molar-refractivity contribution >= 4 is 37.5 Å². The lowest BCUT2D eigenvalue weighted by Crippen LogP contribution is -2.17. The van der Waals surface area contributed by atoms with Crippen molar-refractivity contribution in [3.63, 3.8) is 0 Å². The van der Waals surface area contributed by atoms with E-state index in [1.165, 1.54) is 34.4 Å². The second-order valence-electron chi connectivity index (χ2n) is 5.25. The molecule has 0 spiro atoms. The molecule has 0 unspecified atom stereocenters. The molecule has 0 atom stereocenters. The van der Waals surface area contributed by atoms with E-state index in [9.17, 15) is 9.18 Å². The highest BCUT2D eigenvalue weighted by atomic mass is 32.1. The van der Waals surface area contributed by atoms with E-state index in [0.717, 1.165) is 22.4 Å². The zero-order chi connectivity index (χ0) is 16.7. The molecule has 7 heteroatoms. The number of hydrogen-bond acceptors (Lipinski definition) is 5. The standard InChI is InChI=1S/C17H13FN4OS/c1-2-19-12-6-7-20-16-13(12)14-15(24-16)17(23)22(9-21-14)11-5-3-4-10(18)8-11/h3-9H,2H2,1H3,(H,19,20). The minimum absolute atomic E-state index is 0.226. The SMILES string of the molecule is CCNc1ccnc2sc3c(=O)n(-c4cccc(F)c4)cnc3c12. The fourth-order valence-corrected chi connectivity index (χ4v) is 3.75. The van der Waals surface area contributed by atoms with E-state index < -0.39 is 5.82 Å². The summed E-state index contributed by atoms with van der Waals surface area (Å²) in [5.74, 6) is -0.396. The molecule has 0 amide bonds. The molecule has 0 bridgehead atoms. The van der Waals surface area contributed by atoms with Gasteiger partial charge in [0.25, 0.3) is 5.56 Å². The van der Waals surface area contributed by atoms with Crippen molar-refractivity contribution in [3.05, 3.63) is 59.0 Å². The lowest BCUT2D eigenvalue weighted by Gasteiger charge is -2.06. The Balaban J connectivity index is 2.02. The molecule has 3 aromatic heterocycles. The van der Waals surface area contributed by atoms with Gasteiger partial charge < -0.3 is 5.32 Å². The zero-order valence-corrected chi connectivity index (χ0v) is 13.6. The number of nitrogens with one attached hydrogen (secondary N) is 1. The van der Waals surface area contributed by atoms with Crippen LogP contribution in [-0.2, 0) is 0 Å². The summed E-state index contributed by atoms with van der Waals surface area (Å²) in [4.78, 5) is 22.4. The lowest BCUT2D eigenvalue weighted by molar-refractivity contribution is 0.626. The summed E-state index contributed by atoms with van der Waals surface area (Å²) in [5.41, 5.74) is 1.75. The summed E-state index contributed by atoms with van der Waals surface area (Å²) in [6.07, 6.45) is 3.15. The van der Waals surface area contributed by atoms with E-state index >= 15 is 0 Å². The van der Waals surface area contributed by atoms with Crippen molar-refractivity contribution in [1.29, 1.82) is 0 Å². The summed E-state index contributed by atoms with van der Waals surface area (Å²) in [5, 5.41) is 4.12. The van der Waals surface area contributed by atoms with Crippen LogP contribution in [0.4, 0.5) is 10.1 Å². The van der Waals surface area contributed by atoms with Crippen LogP contribution in [0.3, 0.4) is 0 Å². The third-order valence-electron chi connectivity index (χ3n) is 3.74. The number of nitrogens with zero attached hydrogens (tertiary/aromatic N) is 3. The molecule has 0 radical (unpaired) electrons. The van der Waals surface area contributed by atoms with Crippen LogP contribution in [0.25, 0.3) is 26.1 Å². The van der Waals surface area contributed by atoms with E-state index in [4.69, 9.17) is 0 Å². The van der Waals surface area contributed by atoms with Gasteiger partial charge in [0.15, 0.2) is 0 Å². The average molecular weight is 340 g/mol. The Morgan fingerprint density at radius 2 is 2.17 bits per heavy atom. The summed E-state index contributed by atoms with van der Waals surface area (Å²) in [7, 11) is 0. The minimum Gasteiger partial charge on any atom is -0.385 e. The summed E-state index contributed by atoms with van der Waals surface area (Å²) in [6, 6.07) is 7.76. The second-order valence-corrected chi connectivity index (χ2v) is 6.25. The summed E-state index contributed by atoms with van der Waals surface area (Å²) in [6.45, 7) is 2.77. The Labute approximate surface area is 140 Å². The van der Waals surface area contributed by atoms with Crippen LogP contribution >= 0.6 is 11.3 Å². The first-order chi connectivity index (χ1) is 11.7. The minimum atomic E-state index is -0.396. The van der Waals surface area contributed by atoms with E-state index in [2.05, 4.69) is 15.3 Å². The van der Waals surface area contributed by atoms with Crippen LogP contribution in [-0.4, -0.2) is 21.1 Å². The van der Waals surface area contributed by atoms with Gasteiger partial charge in [-0.1, -0.05) is 6.07 Å². The molecule has 0 aliphatic heterocycles. The van der Waals surface area contributed by atoms with Crippen LogP contribution in [0.2, 0.25) is 0 Å². The molecule has 0 fully saturated rings. The predicted molar refractivity (Wildman–Crippen MR) is 94.6 cm³/mol. The molecule has 120 valence electrons. The fourth-order valence-electron chi connectivity index (χ4n) is 2.70. The Morgan fingerprint density at radius 1 is 1.29 bits per heavy atom. The average Bonchev–Trinajstić information content (AvgIpc) is 2.96. The van der Waals surface area contributed by atoms with Gasteiger partial charge in [-0.25, -0.2) is 14.4 Å². The van der Waals surface area contributed by atoms with Crippen molar-refractivity contribution in [1.82, 2.24) is 14.5 Å². The number of fused-ring (bicyclic) bond motifs is 3. The van der Waals surface area contributed by atoms with Gasteiger partial charge in [0.05, 0.1) is 16.6 Å². The highest BCUT2D eigenvalue weighted by Crippen LogP contribution is 2.34. The molecule has 5 nitrogen and oxygen atoms in total. The fraction of sp³-hybridized carbons (Fsp3) is 0.118. The van der Waals surface area contributed by atoms with Crippen LogP contribution in [0.5, 0.6) is 0 Å². The predicted octanol–water partition coefficient (Wildman–Crippen LogP) is 3.57. The van der Waals surface area contributed by atoms with Gasteiger partial charge in [0.1, 0.15) is 21.7 Å². The van der Waals surface area contributed by atoms with E-state index in [-0.39, 0.29) is 5.56 Å². The third kappa shape index (κ3) is 2.25. The maximum atomic E-state index is 13.5. The number of thiophene rings is 1. The molecule has 4 aromatic rings. The van der Waals surface area contributed by atoms with Gasteiger partial charge in [-0.3, -0.25) is 9.36 Å². The Hall–Kier alpha value is -2.80. The number of aromatic nitrogens is 3. The third-order valence-corrected chi connectivity index (χ3v) is 4.81. The smallest absolute Gasteiger partial charge is 0.275 e. The number of pyridine rings is 1. The monoisotopic (exact) mass is 340 g/mol. The van der Waals surface area contributed by atoms with Crippen molar-refractivity contribution in [2.75, 3.05) is 11.9 Å². The maximum absolute atomic E-state index is 13.5. The largest absolute Gasteiger partial charge is 0.385 e. The van der Waals surface area contributed by atoms with E-state index in [1.54, 1.807) is 18.3 Å². The summed E-state index contributed by atoms with van der Waals surface area (Å²) >= 11 is 1.30.